The minimum Gasteiger partial charge on any atom is -0.388 e. The highest BCUT2D eigenvalue weighted by molar-refractivity contribution is 7.16. The Labute approximate surface area is 98.5 Å². The van der Waals surface area contributed by atoms with Crippen LogP contribution in [0.4, 0.5) is 10.7 Å². The monoisotopic (exact) mass is 244 g/mol. The Bertz CT molecular complexity index is 372. The lowest BCUT2D eigenvalue weighted by Gasteiger charge is -2.17. The van der Waals surface area contributed by atoms with Gasteiger partial charge < -0.3 is 10.0 Å². The highest BCUT2D eigenvalue weighted by atomic mass is 32.1. The van der Waals surface area contributed by atoms with E-state index >= 15 is 0 Å². The molecule has 0 aliphatic heterocycles. The Balaban J connectivity index is 3.19. The zero-order valence-electron chi connectivity index (χ0n) is 9.64. The minimum atomic E-state index is -0.659. The van der Waals surface area contributed by atoms with Crippen LogP contribution in [-0.2, 0) is 0 Å². The van der Waals surface area contributed by atoms with E-state index in [1.165, 1.54) is 17.4 Å². The van der Waals surface area contributed by atoms with E-state index in [0.29, 0.717) is 9.88 Å². The smallest absolute Gasteiger partial charge is 0.304 e. The SMILES string of the molecule is CCN(CC)c1sc([C@@H](C)O)cc1[N+](=O)[O-]. The third kappa shape index (κ3) is 2.51. The third-order valence-corrected chi connectivity index (χ3v) is 3.73. The fourth-order valence-electron chi connectivity index (χ4n) is 1.46. The molecule has 0 bridgehead atoms. The largest absolute Gasteiger partial charge is 0.388 e. The molecule has 1 aromatic heterocycles. The first-order valence-corrected chi connectivity index (χ1v) is 6.04. The van der Waals surface area contributed by atoms with Crippen LogP contribution in [0.15, 0.2) is 6.07 Å². The van der Waals surface area contributed by atoms with Gasteiger partial charge in [0.05, 0.1) is 11.0 Å². The van der Waals surface area contributed by atoms with Crippen LogP contribution >= 0.6 is 11.3 Å². The molecule has 16 heavy (non-hydrogen) atoms. The molecule has 0 saturated heterocycles. The summed E-state index contributed by atoms with van der Waals surface area (Å²) in [6, 6.07) is 1.46. The molecule has 0 aliphatic carbocycles. The van der Waals surface area contributed by atoms with Crippen molar-refractivity contribution in [2.45, 2.75) is 26.9 Å². The number of anilines is 1. The highest BCUT2D eigenvalue weighted by Crippen LogP contribution is 2.39. The van der Waals surface area contributed by atoms with Gasteiger partial charge in [-0.3, -0.25) is 10.1 Å². The number of aliphatic hydroxyl groups excluding tert-OH is 1. The number of hydrogen-bond donors (Lipinski definition) is 1. The van der Waals surface area contributed by atoms with Crippen molar-refractivity contribution < 1.29 is 10.0 Å². The average molecular weight is 244 g/mol. The van der Waals surface area contributed by atoms with Crippen molar-refractivity contribution in [3.8, 4) is 0 Å². The maximum absolute atomic E-state index is 10.9. The van der Waals surface area contributed by atoms with Gasteiger partial charge >= 0.3 is 5.69 Å². The van der Waals surface area contributed by atoms with Gasteiger partial charge in [0.2, 0.25) is 0 Å². The lowest BCUT2D eigenvalue weighted by Crippen LogP contribution is -2.21. The molecule has 0 aliphatic rings. The number of rotatable bonds is 5. The Morgan fingerprint density at radius 2 is 2.12 bits per heavy atom. The average Bonchev–Trinajstić information content (AvgIpc) is 2.64. The molecule has 0 fully saturated rings. The second-order valence-corrected chi connectivity index (χ2v) is 4.51. The van der Waals surface area contributed by atoms with Crippen molar-refractivity contribution in [3.63, 3.8) is 0 Å². The van der Waals surface area contributed by atoms with E-state index in [-0.39, 0.29) is 5.69 Å². The van der Waals surface area contributed by atoms with Crippen LogP contribution < -0.4 is 4.90 Å². The van der Waals surface area contributed by atoms with Crippen molar-refractivity contribution >= 4 is 22.0 Å². The molecule has 1 aromatic rings. The Hall–Kier alpha value is -1.14. The summed E-state index contributed by atoms with van der Waals surface area (Å²) in [6.07, 6.45) is -0.659. The minimum absolute atomic E-state index is 0.0876. The lowest BCUT2D eigenvalue weighted by atomic mass is 10.3. The van der Waals surface area contributed by atoms with Crippen LogP contribution in [0.2, 0.25) is 0 Å². The number of thiophene rings is 1. The molecule has 90 valence electrons. The van der Waals surface area contributed by atoms with Gasteiger partial charge in [0.15, 0.2) is 5.00 Å². The predicted molar refractivity (Wildman–Crippen MR) is 65.2 cm³/mol. The van der Waals surface area contributed by atoms with E-state index in [1.54, 1.807) is 6.92 Å². The number of aliphatic hydroxyl groups is 1. The molecule has 0 spiro atoms. The molecule has 0 saturated carbocycles. The topological polar surface area (TPSA) is 66.6 Å². The Morgan fingerprint density at radius 1 is 1.56 bits per heavy atom. The first kappa shape index (κ1) is 12.9. The van der Waals surface area contributed by atoms with Crippen molar-refractivity contribution in [2.24, 2.45) is 0 Å². The maximum Gasteiger partial charge on any atom is 0.304 e. The predicted octanol–water partition coefficient (Wildman–Crippen LogP) is 2.56. The molecular formula is C10H16N2O3S. The van der Waals surface area contributed by atoms with Gasteiger partial charge in [-0.25, -0.2) is 0 Å². The highest BCUT2D eigenvalue weighted by Gasteiger charge is 2.23. The fraction of sp³-hybridized carbons (Fsp3) is 0.600. The second kappa shape index (κ2) is 5.27. The first-order chi connectivity index (χ1) is 7.51. The van der Waals surface area contributed by atoms with E-state index in [4.69, 9.17) is 0 Å². The summed E-state index contributed by atoms with van der Waals surface area (Å²) in [7, 11) is 0. The van der Waals surface area contributed by atoms with Crippen molar-refractivity contribution in [3.05, 3.63) is 21.1 Å². The third-order valence-electron chi connectivity index (χ3n) is 2.37. The second-order valence-electron chi connectivity index (χ2n) is 3.44. The normalized spacial score (nSPS) is 12.5. The summed E-state index contributed by atoms with van der Waals surface area (Å²) in [5.41, 5.74) is 0.0876. The fourth-order valence-corrected chi connectivity index (χ4v) is 2.65. The molecule has 0 amide bonds. The zero-order chi connectivity index (χ0) is 12.3. The summed E-state index contributed by atoms with van der Waals surface area (Å²) in [4.78, 5) is 13.1. The molecule has 5 nitrogen and oxygen atoms in total. The summed E-state index contributed by atoms with van der Waals surface area (Å²) in [6.45, 7) is 6.96. The molecule has 0 radical (unpaired) electrons. The van der Waals surface area contributed by atoms with Crippen molar-refractivity contribution in [2.75, 3.05) is 18.0 Å². The lowest BCUT2D eigenvalue weighted by molar-refractivity contribution is -0.383. The summed E-state index contributed by atoms with van der Waals surface area (Å²) < 4.78 is 0. The Kier molecular flexibility index (Phi) is 4.26. The maximum atomic E-state index is 10.9. The van der Waals surface area contributed by atoms with Crippen molar-refractivity contribution in [1.82, 2.24) is 0 Å². The van der Waals surface area contributed by atoms with E-state index in [9.17, 15) is 15.2 Å². The standard InChI is InChI=1S/C10H16N2O3S/c1-4-11(5-2)10-8(12(14)15)6-9(16-10)7(3)13/h6-7,13H,4-5H2,1-3H3/t7-/m1/s1. The van der Waals surface area contributed by atoms with Crippen LogP contribution in [-0.4, -0.2) is 23.1 Å². The molecule has 1 atom stereocenters. The van der Waals surface area contributed by atoms with Gasteiger partial charge in [0.1, 0.15) is 0 Å². The number of nitro groups is 1. The summed E-state index contributed by atoms with van der Waals surface area (Å²) in [5, 5.41) is 21.0. The van der Waals surface area contributed by atoms with Crippen molar-refractivity contribution in [1.29, 1.82) is 0 Å². The molecule has 0 unspecified atom stereocenters. The molecule has 1 rings (SSSR count). The van der Waals surface area contributed by atoms with E-state index in [0.717, 1.165) is 13.1 Å². The van der Waals surface area contributed by atoms with Crippen LogP contribution in [0.1, 0.15) is 31.8 Å². The molecule has 0 aromatic carbocycles. The van der Waals surface area contributed by atoms with Crippen LogP contribution in [0.3, 0.4) is 0 Å². The summed E-state index contributed by atoms with van der Waals surface area (Å²) >= 11 is 1.29. The zero-order valence-corrected chi connectivity index (χ0v) is 10.5. The molecule has 6 heteroatoms. The van der Waals surface area contributed by atoms with Crippen LogP contribution in [0.25, 0.3) is 0 Å². The number of nitrogens with zero attached hydrogens (tertiary/aromatic N) is 2. The summed E-state index contributed by atoms with van der Waals surface area (Å²) in [5.74, 6) is 0. The van der Waals surface area contributed by atoms with Gasteiger partial charge in [-0.2, -0.15) is 0 Å². The van der Waals surface area contributed by atoms with Gasteiger partial charge in [-0.15, -0.1) is 11.3 Å². The molecule has 1 heterocycles. The van der Waals surface area contributed by atoms with E-state index in [2.05, 4.69) is 0 Å². The van der Waals surface area contributed by atoms with Gasteiger partial charge in [-0.05, 0) is 20.8 Å². The van der Waals surface area contributed by atoms with Gasteiger partial charge in [0.25, 0.3) is 0 Å². The van der Waals surface area contributed by atoms with Crippen LogP contribution in [0.5, 0.6) is 0 Å². The first-order valence-electron chi connectivity index (χ1n) is 5.22. The van der Waals surface area contributed by atoms with E-state index in [1.807, 2.05) is 18.7 Å². The van der Waals surface area contributed by atoms with Crippen LogP contribution in [0, 0.1) is 10.1 Å². The molecule has 1 N–H and O–H groups in total. The van der Waals surface area contributed by atoms with Gasteiger partial charge in [-0.1, -0.05) is 0 Å². The number of hydrogen-bond acceptors (Lipinski definition) is 5. The molecular weight excluding hydrogens is 228 g/mol. The quantitative estimate of drug-likeness (QED) is 0.638. The van der Waals surface area contributed by atoms with E-state index < -0.39 is 11.0 Å². The van der Waals surface area contributed by atoms with Gasteiger partial charge in [0, 0.05) is 24.0 Å². The Morgan fingerprint density at radius 3 is 2.50 bits per heavy atom.